The Morgan fingerprint density at radius 1 is 0.750 bits per heavy atom. The number of sulfone groups is 1. The Hall–Kier alpha value is -0.233. The molecule has 20 heavy (non-hydrogen) atoms. The zero-order chi connectivity index (χ0) is 14.2. The lowest BCUT2D eigenvalue weighted by molar-refractivity contribution is 0.596. The van der Waals surface area contributed by atoms with Crippen molar-refractivity contribution >= 4 is 67.2 Å². The summed E-state index contributed by atoms with van der Waals surface area (Å²) < 4.78 is 24.8. The predicted octanol–water partition coefficient (Wildman–Crippen LogP) is 4.75. The maximum Gasteiger partial charge on any atom is 0.208 e. The lowest BCUT2D eigenvalue weighted by Gasteiger charge is -2.08. The Kier molecular flexibility index (Phi) is 5.96. The molecule has 0 spiro atoms. The molecular formula is C12H6Cl4O2SSi. The molecule has 2 nitrogen and oxygen atoms in total. The normalized spacial score (nSPS) is 11.0. The number of rotatable bonds is 2. The molecule has 8 heteroatoms. The Morgan fingerprint density at radius 3 is 1.80 bits per heavy atom. The van der Waals surface area contributed by atoms with Crippen LogP contribution in [0.4, 0.5) is 0 Å². The van der Waals surface area contributed by atoms with Gasteiger partial charge < -0.3 is 0 Å². The van der Waals surface area contributed by atoms with E-state index in [1.165, 1.54) is 36.4 Å². The Labute approximate surface area is 141 Å². The van der Waals surface area contributed by atoms with Gasteiger partial charge in [0, 0.05) is 16.0 Å². The summed E-state index contributed by atoms with van der Waals surface area (Å²) in [5.41, 5.74) is 0. The van der Waals surface area contributed by atoms with E-state index in [4.69, 9.17) is 46.4 Å². The molecule has 0 amide bonds. The second-order valence-corrected chi connectivity index (χ2v) is 7.23. The molecule has 0 aromatic heterocycles. The molecule has 0 fully saturated rings. The third-order valence-electron chi connectivity index (χ3n) is 2.39. The molecule has 2 aromatic carbocycles. The summed E-state index contributed by atoms with van der Waals surface area (Å²) in [6.07, 6.45) is 0. The van der Waals surface area contributed by atoms with Crippen molar-refractivity contribution in [3.05, 3.63) is 56.5 Å². The summed E-state index contributed by atoms with van der Waals surface area (Å²) in [6.45, 7) is 0. The molecule has 0 N–H and O–H groups in total. The second kappa shape index (κ2) is 6.69. The summed E-state index contributed by atoms with van der Waals surface area (Å²) in [6, 6.07) is 8.30. The van der Waals surface area contributed by atoms with Gasteiger partial charge in [0.25, 0.3) is 0 Å². The minimum Gasteiger partial charge on any atom is -0.218 e. The van der Waals surface area contributed by atoms with E-state index in [9.17, 15) is 8.42 Å². The molecule has 0 aliphatic carbocycles. The van der Waals surface area contributed by atoms with Crippen molar-refractivity contribution in [1.82, 2.24) is 0 Å². The van der Waals surface area contributed by atoms with Gasteiger partial charge in [-0.2, -0.15) is 0 Å². The van der Waals surface area contributed by atoms with Crippen molar-refractivity contribution in [3.8, 4) is 0 Å². The Balaban J connectivity index is 0.00000200. The van der Waals surface area contributed by atoms with Gasteiger partial charge in [-0.05, 0) is 36.4 Å². The highest BCUT2D eigenvalue weighted by Gasteiger charge is 2.22. The van der Waals surface area contributed by atoms with Gasteiger partial charge >= 0.3 is 0 Å². The van der Waals surface area contributed by atoms with Crippen LogP contribution in [0, 0.1) is 0 Å². The Bertz CT molecular complexity index is 730. The zero-order valence-electron chi connectivity index (χ0n) is 9.70. The van der Waals surface area contributed by atoms with Crippen molar-refractivity contribution in [2.75, 3.05) is 0 Å². The van der Waals surface area contributed by atoms with Crippen LogP contribution in [0.5, 0.6) is 0 Å². The highest BCUT2D eigenvalue weighted by Crippen LogP contribution is 2.34. The van der Waals surface area contributed by atoms with E-state index in [-0.39, 0.29) is 35.8 Å². The van der Waals surface area contributed by atoms with Crippen LogP contribution in [0.25, 0.3) is 0 Å². The first-order valence-corrected chi connectivity index (χ1v) is 7.97. The number of hydrogen-bond acceptors (Lipinski definition) is 2. The van der Waals surface area contributed by atoms with Gasteiger partial charge in [-0.1, -0.05) is 46.4 Å². The summed E-state index contributed by atoms with van der Waals surface area (Å²) in [5.74, 6) is 0. The third kappa shape index (κ3) is 3.50. The Morgan fingerprint density at radius 2 is 1.25 bits per heavy atom. The van der Waals surface area contributed by atoms with Crippen LogP contribution in [0.15, 0.2) is 46.2 Å². The van der Waals surface area contributed by atoms with Crippen LogP contribution in [0.2, 0.25) is 20.1 Å². The van der Waals surface area contributed by atoms with Gasteiger partial charge in [0.2, 0.25) is 9.84 Å². The quantitative estimate of drug-likeness (QED) is 0.553. The summed E-state index contributed by atoms with van der Waals surface area (Å²) in [7, 11) is -3.76. The molecule has 0 aliphatic rings. The molecule has 0 heterocycles. The number of hydrogen-bond donors (Lipinski definition) is 0. The van der Waals surface area contributed by atoms with Crippen LogP contribution in [-0.4, -0.2) is 19.4 Å². The van der Waals surface area contributed by atoms with Gasteiger partial charge in [0.15, 0.2) is 0 Å². The lowest BCUT2D eigenvalue weighted by atomic mass is 10.3. The maximum atomic E-state index is 12.4. The summed E-state index contributed by atoms with van der Waals surface area (Å²) in [5, 5.41) is 0.781. The topological polar surface area (TPSA) is 34.1 Å². The highest BCUT2D eigenvalue weighted by molar-refractivity contribution is 7.91. The molecular weight excluding hydrogens is 378 g/mol. The molecule has 4 radical (unpaired) electrons. The van der Waals surface area contributed by atoms with Crippen LogP contribution in [0.3, 0.4) is 0 Å². The lowest BCUT2D eigenvalue weighted by Crippen LogP contribution is -2.02. The van der Waals surface area contributed by atoms with Crippen LogP contribution >= 0.6 is 46.4 Å². The van der Waals surface area contributed by atoms with Gasteiger partial charge in [-0.3, -0.25) is 0 Å². The van der Waals surface area contributed by atoms with E-state index in [1.54, 1.807) is 0 Å². The van der Waals surface area contributed by atoms with Crippen molar-refractivity contribution in [2.24, 2.45) is 0 Å². The average Bonchev–Trinajstić information content (AvgIpc) is 2.34. The molecule has 0 atom stereocenters. The molecule has 0 unspecified atom stereocenters. The first-order chi connectivity index (χ1) is 8.82. The van der Waals surface area contributed by atoms with Gasteiger partial charge in [0.1, 0.15) is 0 Å². The van der Waals surface area contributed by atoms with E-state index < -0.39 is 9.84 Å². The molecule has 0 saturated carbocycles. The number of halogens is 4. The van der Waals surface area contributed by atoms with E-state index in [1.807, 2.05) is 0 Å². The van der Waals surface area contributed by atoms with Crippen LogP contribution in [-0.2, 0) is 9.84 Å². The fraction of sp³-hybridized carbons (Fsp3) is 0. The van der Waals surface area contributed by atoms with Crippen LogP contribution in [0.1, 0.15) is 0 Å². The second-order valence-electron chi connectivity index (χ2n) is 3.65. The van der Waals surface area contributed by atoms with Gasteiger partial charge in [-0.25, -0.2) is 8.42 Å². The van der Waals surface area contributed by atoms with Gasteiger partial charge in [0.05, 0.1) is 24.9 Å². The van der Waals surface area contributed by atoms with Crippen molar-refractivity contribution < 1.29 is 8.42 Å². The molecule has 0 bridgehead atoms. The SMILES string of the molecule is O=S(=O)(c1ccc(Cl)cc1)c1cc(Cl)c(Cl)cc1Cl.[Si]. The smallest absolute Gasteiger partial charge is 0.208 e. The average molecular weight is 384 g/mol. The van der Waals surface area contributed by atoms with E-state index in [2.05, 4.69) is 0 Å². The molecule has 2 rings (SSSR count). The number of benzene rings is 2. The van der Waals surface area contributed by atoms with E-state index in [0.717, 1.165) is 0 Å². The zero-order valence-corrected chi connectivity index (χ0v) is 14.5. The predicted molar refractivity (Wildman–Crippen MR) is 84.1 cm³/mol. The standard InChI is InChI=1S/C12H6Cl4O2S.Si/c13-7-1-3-8(4-2-7)19(17,18)12-6-10(15)9(14)5-11(12)16;/h1-6H;. The molecule has 104 valence electrons. The molecule has 0 aliphatic heterocycles. The fourth-order valence-corrected chi connectivity index (χ4v) is 3.83. The first-order valence-electron chi connectivity index (χ1n) is 4.97. The van der Waals surface area contributed by atoms with Crippen molar-refractivity contribution in [2.45, 2.75) is 9.79 Å². The van der Waals surface area contributed by atoms with Crippen LogP contribution < -0.4 is 0 Å². The largest absolute Gasteiger partial charge is 0.218 e. The minimum atomic E-state index is -3.76. The third-order valence-corrected chi connectivity index (χ3v) is 5.60. The summed E-state index contributed by atoms with van der Waals surface area (Å²) >= 11 is 23.2. The monoisotopic (exact) mass is 382 g/mol. The van der Waals surface area contributed by atoms with E-state index in [0.29, 0.717) is 5.02 Å². The minimum absolute atomic E-state index is 0. The van der Waals surface area contributed by atoms with Gasteiger partial charge in [-0.15, -0.1) is 0 Å². The molecule has 0 saturated heterocycles. The fourth-order valence-electron chi connectivity index (χ4n) is 1.45. The summed E-state index contributed by atoms with van der Waals surface area (Å²) in [4.78, 5) is -0.0110. The van der Waals surface area contributed by atoms with E-state index >= 15 is 0 Å². The molecule has 2 aromatic rings. The van der Waals surface area contributed by atoms with Crippen molar-refractivity contribution in [3.63, 3.8) is 0 Å². The highest BCUT2D eigenvalue weighted by atomic mass is 35.5. The first kappa shape index (κ1) is 17.8. The maximum absolute atomic E-state index is 12.4. The van der Waals surface area contributed by atoms with Crippen molar-refractivity contribution in [1.29, 1.82) is 0 Å².